The van der Waals surface area contributed by atoms with Crippen molar-refractivity contribution in [1.29, 1.82) is 0 Å². The Balaban J connectivity index is 1.62. The molecule has 108 valence electrons. The first-order valence-electron chi connectivity index (χ1n) is 7.05. The standard InChI is InChI=1S/C16H18N4O/c17-20-14-11-15(19-16(18-14)13-8-9-13)21-10-4-7-12-5-2-1-3-6-12/h1-7,11,13H,8-10,17H2,(H,18,19,20)/b7-4+. The minimum absolute atomic E-state index is 0.458. The zero-order valence-corrected chi connectivity index (χ0v) is 11.7. The number of nitrogens with two attached hydrogens (primary N) is 1. The number of nitrogens with zero attached hydrogens (tertiary/aromatic N) is 2. The summed E-state index contributed by atoms with van der Waals surface area (Å²) in [4.78, 5) is 8.77. The van der Waals surface area contributed by atoms with Crippen LogP contribution in [-0.2, 0) is 0 Å². The number of nitrogen functional groups attached to an aromatic ring is 1. The summed E-state index contributed by atoms with van der Waals surface area (Å²) in [5.74, 6) is 7.85. The fourth-order valence-corrected chi connectivity index (χ4v) is 2.00. The van der Waals surface area contributed by atoms with E-state index >= 15 is 0 Å². The summed E-state index contributed by atoms with van der Waals surface area (Å²) in [6.45, 7) is 0.458. The second kappa shape index (κ2) is 6.37. The first-order valence-corrected chi connectivity index (χ1v) is 7.05. The second-order valence-electron chi connectivity index (χ2n) is 4.99. The maximum atomic E-state index is 5.66. The van der Waals surface area contributed by atoms with Crippen molar-refractivity contribution < 1.29 is 4.74 Å². The highest BCUT2D eigenvalue weighted by atomic mass is 16.5. The van der Waals surface area contributed by atoms with Gasteiger partial charge in [-0.3, -0.25) is 0 Å². The van der Waals surface area contributed by atoms with Gasteiger partial charge in [0.05, 0.1) is 0 Å². The lowest BCUT2D eigenvalue weighted by molar-refractivity contribution is 0.347. The Labute approximate surface area is 123 Å². The first kappa shape index (κ1) is 13.6. The second-order valence-corrected chi connectivity index (χ2v) is 4.99. The summed E-state index contributed by atoms with van der Waals surface area (Å²) in [6, 6.07) is 11.8. The molecule has 1 heterocycles. The SMILES string of the molecule is NNc1cc(OC/C=C/c2ccccc2)nc(C2CC2)n1. The summed E-state index contributed by atoms with van der Waals surface area (Å²) in [5.41, 5.74) is 3.70. The van der Waals surface area contributed by atoms with Crippen molar-refractivity contribution >= 4 is 11.9 Å². The van der Waals surface area contributed by atoms with Gasteiger partial charge in [-0.15, -0.1) is 0 Å². The van der Waals surface area contributed by atoms with Crippen molar-refractivity contribution in [2.75, 3.05) is 12.0 Å². The van der Waals surface area contributed by atoms with Crippen molar-refractivity contribution in [3.63, 3.8) is 0 Å². The number of ether oxygens (including phenoxy) is 1. The fraction of sp³-hybridized carbons (Fsp3) is 0.250. The van der Waals surface area contributed by atoms with Crippen LogP contribution in [0.3, 0.4) is 0 Å². The summed E-state index contributed by atoms with van der Waals surface area (Å²) < 4.78 is 5.66. The predicted octanol–water partition coefficient (Wildman–Crippen LogP) is 2.73. The molecule has 5 heteroatoms. The molecule has 1 aromatic carbocycles. The average molecular weight is 282 g/mol. The molecule has 2 aromatic rings. The van der Waals surface area contributed by atoms with E-state index in [2.05, 4.69) is 15.4 Å². The topological polar surface area (TPSA) is 73.1 Å². The quantitative estimate of drug-likeness (QED) is 0.629. The van der Waals surface area contributed by atoms with Crippen LogP contribution in [-0.4, -0.2) is 16.6 Å². The van der Waals surface area contributed by atoms with Crippen LogP contribution < -0.4 is 16.0 Å². The van der Waals surface area contributed by atoms with Gasteiger partial charge in [-0.05, 0) is 24.5 Å². The van der Waals surface area contributed by atoms with Crippen LogP contribution in [0.1, 0.15) is 30.1 Å². The van der Waals surface area contributed by atoms with E-state index < -0.39 is 0 Å². The number of hydrogen-bond donors (Lipinski definition) is 2. The predicted molar refractivity (Wildman–Crippen MR) is 82.8 cm³/mol. The Morgan fingerprint density at radius 1 is 1.24 bits per heavy atom. The molecule has 0 atom stereocenters. The Hall–Kier alpha value is -2.40. The maximum absolute atomic E-state index is 5.66. The van der Waals surface area contributed by atoms with E-state index in [1.54, 1.807) is 6.07 Å². The van der Waals surface area contributed by atoms with Gasteiger partial charge in [-0.1, -0.05) is 36.4 Å². The average Bonchev–Trinajstić information content (AvgIpc) is 3.37. The molecular weight excluding hydrogens is 264 g/mol. The number of benzene rings is 1. The largest absolute Gasteiger partial charge is 0.473 e. The smallest absolute Gasteiger partial charge is 0.219 e. The Morgan fingerprint density at radius 3 is 2.76 bits per heavy atom. The zero-order chi connectivity index (χ0) is 14.5. The van der Waals surface area contributed by atoms with Crippen molar-refractivity contribution in [2.45, 2.75) is 18.8 Å². The van der Waals surface area contributed by atoms with Crippen molar-refractivity contribution in [2.24, 2.45) is 5.84 Å². The van der Waals surface area contributed by atoms with Crippen LogP contribution >= 0.6 is 0 Å². The van der Waals surface area contributed by atoms with Crippen LogP contribution in [0.2, 0.25) is 0 Å². The van der Waals surface area contributed by atoms with E-state index in [0.29, 0.717) is 24.2 Å². The van der Waals surface area contributed by atoms with Gasteiger partial charge in [-0.2, -0.15) is 4.98 Å². The molecule has 0 saturated heterocycles. The lowest BCUT2D eigenvalue weighted by atomic mass is 10.2. The molecule has 21 heavy (non-hydrogen) atoms. The van der Waals surface area contributed by atoms with Crippen molar-refractivity contribution in [3.05, 3.63) is 53.9 Å². The number of hydrazine groups is 1. The lowest BCUT2D eigenvalue weighted by Gasteiger charge is -2.07. The molecule has 0 spiro atoms. The molecule has 1 aliphatic carbocycles. The molecule has 0 unspecified atom stereocenters. The van der Waals surface area contributed by atoms with Gasteiger partial charge >= 0.3 is 0 Å². The van der Waals surface area contributed by atoms with Crippen LogP contribution in [0, 0.1) is 0 Å². The summed E-state index contributed by atoms with van der Waals surface area (Å²) in [5, 5.41) is 0. The van der Waals surface area contributed by atoms with Gasteiger partial charge in [0.2, 0.25) is 5.88 Å². The molecule has 0 amide bonds. The molecule has 0 radical (unpaired) electrons. The van der Waals surface area contributed by atoms with E-state index in [0.717, 1.165) is 24.2 Å². The third-order valence-electron chi connectivity index (χ3n) is 3.25. The monoisotopic (exact) mass is 282 g/mol. The van der Waals surface area contributed by atoms with E-state index in [1.165, 1.54) is 0 Å². The van der Waals surface area contributed by atoms with Gasteiger partial charge in [0, 0.05) is 12.0 Å². The molecule has 0 bridgehead atoms. The number of nitrogens with one attached hydrogen (secondary N) is 1. The summed E-state index contributed by atoms with van der Waals surface area (Å²) >= 11 is 0. The van der Waals surface area contributed by atoms with Crippen LogP contribution in [0.15, 0.2) is 42.5 Å². The number of anilines is 1. The van der Waals surface area contributed by atoms with Gasteiger partial charge in [0.25, 0.3) is 0 Å². The molecule has 1 aromatic heterocycles. The van der Waals surface area contributed by atoms with Crippen LogP contribution in [0.25, 0.3) is 6.08 Å². The van der Waals surface area contributed by atoms with Crippen molar-refractivity contribution in [3.8, 4) is 5.88 Å². The van der Waals surface area contributed by atoms with E-state index in [-0.39, 0.29) is 0 Å². The summed E-state index contributed by atoms with van der Waals surface area (Å²) in [7, 11) is 0. The van der Waals surface area contributed by atoms with Crippen LogP contribution in [0.4, 0.5) is 5.82 Å². The lowest BCUT2D eigenvalue weighted by Crippen LogP contribution is -2.11. The van der Waals surface area contributed by atoms with Gasteiger partial charge in [0.15, 0.2) is 0 Å². The van der Waals surface area contributed by atoms with Gasteiger partial charge in [0.1, 0.15) is 18.2 Å². The third kappa shape index (κ3) is 3.79. The van der Waals surface area contributed by atoms with E-state index in [9.17, 15) is 0 Å². The number of aromatic nitrogens is 2. The maximum Gasteiger partial charge on any atom is 0.219 e. The first-order chi connectivity index (χ1) is 10.3. The molecule has 1 saturated carbocycles. The minimum Gasteiger partial charge on any atom is -0.473 e. The highest BCUT2D eigenvalue weighted by molar-refractivity contribution is 5.48. The van der Waals surface area contributed by atoms with Gasteiger partial charge < -0.3 is 10.2 Å². The Morgan fingerprint density at radius 2 is 2.05 bits per heavy atom. The minimum atomic E-state index is 0.458. The Kier molecular flexibility index (Phi) is 4.12. The number of hydrogen-bond acceptors (Lipinski definition) is 5. The molecule has 3 rings (SSSR count). The Bertz CT molecular complexity index is 623. The van der Waals surface area contributed by atoms with E-state index in [1.807, 2.05) is 42.5 Å². The molecular formula is C16H18N4O. The third-order valence-corrected chi connectivity index (χ3v) is 3.25. The molecule has 5 nitrogen and oxygen atoms in total. The molecule has 1 fully saturated rings. The summed E-state index contributed by atoms with van der Waals surface area (Å²) in [6.07, 6.45) is 6.26. The number of rotatable bonds is 6. The molecule has 1 aliphatic rings. The van der Waals surface area contributed by atoms with Crippen molar-refractivity contribution in [1.82, 2.24) is 9.97 Å². The highest BCUT2D eigenvalue weighted by Crippen LogP contribution is 2.38. The zero-order valence-electron chi connectivity index (χ0n) is 11.7. The highest BCUT2D eigenvalue weighted by Gasteiger charge is 2.27. The van der Waals surface area contributed by atoms with Gasteiger partial charge in [-0.25, -0.2) is 10.8 Å². The molecule has 0 aliphatic heterocycles. The fourth-order valence-electron chi connectivity index (χ4n) is 2.00. The van der Waals surface area contributed by atoms with Crippen LogP contribution in [0.5, 0.6) is 5.88 Å². The molecule has 3 N–H and O–H groups in total. The normalized spacial score (nSPS) is 14.3. The van der Waals surface area contributed by atoms with E-state index in [4.69, 9.17) is 10.6 Å².